The van der Waals surface area contributed by atoms with Gasteiger partial charge >= 0.3 is 0 Å². The maximum absolute atomic E-state index is 11.2. The van der Waals surface area contributed by atoms with Gasteiger partial charge in [-0.25, -0.2) is 13.4 Å². The molecule has 0 bridgehead atoms. The van der Waals surface area contributed by atoms with Crippen molar-refractivity contribution in [2.45, 2.75) is 4.21 Å². The van der Waals surface area contributed by atoms with Gasteiger partial charge in [-0.1, -0.05) is 0 Å². The number of hydrogen-bond donors (Lipinski definition) is 0. The molecule has 0 aliphatic rings. The molecule has 0 saturated carbocycles. The summed E-state index contributed by atoms with van der Waals surface area (Å²) in [6.07, 6.45) is 5.87. The molecular weight excluding hydrogens is 232 g/mol. The van der Waals surface area contributed by atoms with E-state index in [-0.39, 0.29) is 4.21 Å². The van der Waals surface area contributed by atoms with Crippen molar-refractivity contribution in [1.82, 2.24) is 9.97 Å². The summed E-state index contributed by atoms with van der Waals surface area (Å²) in [5.74, 6) is 0. The molecule has 0 radical (unpaired) electrons. The highest BCUT2D eigenvalue weighted by atomic mass is 32.2. The Hall–Kier alpha value is -1.27. The monoisotopic (exact) mass is 240 g/mol. The molecule has 2 aromatic rings. The predicted octanol–water partition coefficient (Wildman–Crippen LogP) is 1.61. The lowest BCUT2D eigenvalue weighted by Gasteiger charge is -1.92. The second-order valence-corrected chi connectivity index (χ2v) is 6.27. The van der Waals surface area contributed by atoms with Crippen LogP contribution < -0.4 is 0 Å². The first-order valence-electron chi connectivity index (χ1n) is 4.13. The maximum Gasteiger partial charge on any atom is 0.186 e. The molecule has 0 aliphatic carbocycles. The Morgan fingerprint density at radius 3 is 2.67 bits per heavy atom. The molecule has 0 atom stereocenters. The molecule has 0 spiro atoms. The minimum Gasteiger partial charge on any atom is -0.264 e. The highest BCUT2D eigenvalue weighted by Gasteiger charge is 2.12. The Morgan fingerprint density at radius 1 is 1.33 bits per heavy atom. The van der Waals surface area contributed by atoms with Gasteiger partial charge in [-0.05, 0) is 12.1 Å². The van der Waals surface area contributed by atoms with Crippen molar-refractivity contribution in [3.8, 4) is 10.6 Å². The number of pyridine rings is 1. The second kappa shape index (κ2) is 3.71. The van der Waals surface area contributed by atoms with Crippen LogP contribution >= 0.6 is 11.3 Å². The zero-order valence-corrected chi connectivity index (χ0v) is 9.55. The van der Waals surface area contributed by atoms with Crippen LogP contribution in [0.15, 0.2) is 34.9 Å². The van der Waals surface area contributed by atoms with Crippen molar-refractivity contribution < 1.29 is 8.42 Å². The van der Waals surface area contributed by atoms with Crippen LogP contribution in [0.1, 0.15) is 0 Å². The summed E-state index contributed by atoms with van der Waals surface area (Å²) in [4.78, 5) is 8.00. The van der Waals surface area contributed by atoms with Gasteiger partial charge < -0.3 is 0 Å². The molecular formula is C9H8N2O2S2. The molecule has 4 nitrogen and oxygen atoms in total. The van der Waals surface area contributed by atoms with E-state index in [0.717, 1.165) is 16.9 Å². The van der Waals surface area contributed by atoms with E-state index < -0.39 is 9.84 Å². The van der Waals surface area contributed by atoms with E-state index in [1.165, 1.54) is 12.5 Å². The molecule has 0 saturated heterocycles. The smallest absolute Gasteiger partial charge is 0.186 e. The van der Waals surface area contributed by atoms with Crippen LogP contribution in [0.5, 0.6) is 0 Å². The number of nitrogens with zero attached hydrogens (tertiary/aromatic N) is 2. The molecule has 6 heteroatoms. The molecule has 0 unspecified atom stereocenters. The Bertz CT molecular complexity index is 561. The van der Waals surface area contributed by atoms with Crippen molar-refractivity contribution in [3.05, 3.63) is 30.7 Å². The molecule has 0 amide bonds. The lowest BCUT2D eigenvalue weighted by Crippen LogP contribution is -1.91. The Morgan fingerprint density at radius 2 is 2.13 bits per heavy atom. The van der Waals surface area contributed by atoms with Crippen LogP contribution in [0, 0.1) is 0 Å². The fourth-order valence-electron chi connectivity index (χ4n) is 1.05. The first-order chi connectivity index (χ1) is 7.07. The zero-order chi connectivity index (χ0) is 10.9. The molecule has 2 rings (SSSR count). The van der Waals surface area contributed by atoms with E-state index in [1.807, 2.05) is 6.07 Å². The van der Waals surface area contributed by atoms with Gasteiger partial charge in [-0.2, -0.15) is 0 Å². The van der Waals surface area contributed by atoms with Gasteiger partial charge in [0.1, 0.15) is 9.22 Å². The Labute approximate surface area is 91.6 Å². The number of sulfone groups is 1. The van der Waals surface area contributed by atoms with Crippen LogP contribution in [0.4, 0.5) is 0 Å². The molecule has 0 aromatic carbocycles. The zero-order valence-electron chi connectivity index (χ0n) is 7.91. The van der Waals surface area contributed by atoms with E-state index >= 15 is 0 Å². The van der Waals surface area contributed by atoms with Crippen molar-refractivity contribution in [3.63, 3.8) is 0 Å². The highest BCUT2D eigenvalue weighted by molar-refractivity contribution is 7.92. The number of hydrogen-bond acceptors (Lipinski definition) is 5. The normalized spacial score (nSPS) is 11.5. The van der Waals surface area contributed by atoms with Crippen LogP contribution in [0.25, 0.3) is 10.6 Å². The van der Waals surface area contributed by atoms with E-state index in [2.05, 4.69) is 9.97 Å². The average Bonchev–Trinajstić information content (AvgIpc) is 2.67. The topological polar surface area (TPSA) is 59.9 Å². The predicted molar refractivity (Wildman–Crippen MR) is 58.5 cm³/mol. The van der Waals surface area contributed by atoms with Crippen LogP contribution in [0.3, 0.4) is 0 Å². The first kappa shape index (κ1) is 10.3. The summed E-state index contributed by atoms with van der Waals surface area (Å²) >= 11 is 1.15. The number of thiazole rings is 1. The van der Waals surface area contributed by atoms with Gasteiger partial charge in [0.05, 0.1) is 6.20 Å². The second-order valence-electron chi connectivity index (χ2n) is 3.00. The standard InChI is InChI=1S/C9H8N2O2S2/c1-15(12,13)8-6-11-9(14-8)7-3-2-4-10-5-7/h2-6H,1H3. The van der Waals surface area contributed by atoms with Crippen LogP contribution in [-0.2, 0) is 9.84 Å². The van der Waals surface area contributed by atoms with Crippen molar-refractivity contribution in [1.29, 1.82) is 0 Å². The maximum atomic E-state index is 11.2. The fourth-order valence-corrected chi connectivity index (χ4v) is 2.78. The third kappa shape index (κ3) is 2.21. The molecule has 0 N–H and O–H groups in total. The summed E-state index contributed by atoms with van der Waals surface area (Å²) < 4.78 is 22.7. The summed E-state index contributed by atoms with van der Waals surface area (Å²) in [7, 11) is -3.15. The van der Waals surface area contributed by atoms with Gasteiger partial charge in [0.2, 0.25) is 0 Å². The number of aromatic nitrogens is 2. The highest BCUT2D eigenvalue weighted by Crippen LogP contribution is 2.26. The van der Waals surface area contributed by atoms with Crippen molar-refractivity contribution >= 4 is 21.2 Å². The quantitative estimate of drug-likeness (QED) is 0.800. The largest absolute Gasteiger partial charge is 0.264 e. The van der Waals surface area contributed by atoms with E-state index in [4.69, 9.17) is 0 Å². The van der Waals surface area contributed by atoms with Crippen LogP contribution in [0.2, 0.25) is 0 Å². The van der Waals surface area contributed by atoms with Gasteiger partial charge in [0, 0.05) is 24.2 Å². The minimum atomic E-state index is -3.15. The minimum absolute atomic E-state index is 0.279. The lowest BCUT2D eigenvalue weighted by atomic mass is 10.3. The molecule has 2 aromatic heterocycles. The van der Waals surface area contributed by atoms with E-state index in [0.29, 0.717) is 5.01 Å². The third-order valence-corrected chi connectivity index (χ3v) is 4.59. The van der Waals surface area contributed by atoms with Crippen molar-refractivity contribution in [2.75, 3.05) is 6.26 Å². The summed E-state index contributed by atoms with van der Waals surface area (Å²) in [6.45, 7) is 0. The first-order valence-corrected chi connectivity index (χ1v) is 6.84. The average molecular weight is 240 g/mol. The van der Waals surface area contributed by atoms with E-state index in [1.54, 1.807) is 18.5 Å². The number of rotatable bonds is 2. The fraction of sp³-hybridized carbons (Fsp3) is 0.111. The summed E-state index contributed by atoms with van der Waals surface area (Å²) in [6, 6.07) is 3.63. The molecule has 78 valence electrons. The van der Waals surface area contributed by atoms with Gasteiger partial charge in [-0.3, -0.25) is 4.98 Å². The molecule has 0 fully saturated rings. The lowest BCUT2D eigenvalue weighted by molar-refractivity contribution is 0.603. The third-order valence-electron chi connectivity index (χ3n) is 1.76. The molecule has 2 heterocycles. The molecule has 0 aliphatic heterocycles. The van der Waals surface area contributed by atoms with Gasteiger partial charge in [0.25, 0.3) is 0 Å². The Kier molecular flexibility index (Phi) is 2.54. The van der Waals surface area contributed by atoms with Gasteiger partial charge in [0.15, 0.2) is 9.84 Å². The van der Waals surface area contributed by atoms with Crippen molar-refractivity contribution in [2.24, 2.45) is 0 Å². The molecule has 15 heavy (non-hydrogen) atoms. The van der Waals surface area contributed by atoms with Crippen LogP contribution in [-0.4, -0.2) is 24.6 Å². The summed E-state index contributed by atoms with van der Waals surface area (Å²) in [5, 5.41) is 0.670. The Balaban J connectivity index is 2.46. The SMILES string of the molecule is CS(=O)(=O)c1cnc(-c2cccnc2)s1. The summed E-state index contributed by atoms with van der Waals surface area (Å²) in [5.41, 5.74) is 0.831. The van der Waals surface area contributed by atoms with E-state index in [9.17, 15) is 8.42 Å². The van der Waals surface area contributed by atoms with Gasteiger partial charge in [-0.15, -0.1) is 11.3 Å².